The third-order valence-electron chi connectivity index (χ3n) is 3.61. The van der Waals surface area contributed by atoms with Crippen LogP contribution >= 0.6 is 11.3 Å². The molecule has 0 saturated carbocycles. The lowest BCUT2D eigenvalue weighted by Gasteiger charge is -2.19. The molecule has 0 aromatic carbocycles. The molecule has 0 saturated heterocycles. The summed E-state index contributed by atoms with van der Waals surface area (Å²) >= 11 is 1.32. The van der Waals surface area contributed by atoms with Crippen LogP contribution in [0, 0.1) is 13.8 Å². The van der Waals surface area contributed by atoms with Crippen molar-refractivity contribution in [1.82, 2.24) is 14.8 Å². The highest BCUT2D eigenvalue weighted by molar-refractivity contribution is 7.13. The van der Waals surface area contributed by atoms with Crippen molar-refractivity contribution >= 4 is 22.4 Å². The zero-order valence-corrected chi connectivity index (χ0v) is 14.0. The van der Waals surface area contributed by atoms with Crippen molar-refractivity contribution in [3.63, 3.8) is 0 Å². The number of aromatic nitrogens is 3. The summed E-state index contributed by atoms with van der Waals surface area (Å²) in [6.07, 6.45) is -2.77. The molecular formula is C14H17F3N4OS. The fourth-order valence-electron chi connectivity index (χ4n) is 2.55. The van der Waals surface area contributed by atoms with E-state index in [1.54, 1.807) is 39.4 Å². The maximum atomic E-state index is 12.6. The van der Waals surface area contributed by atoms with Crippen LogP contribution in [0.1, 0.15) is 29.8 Å². The number of rotatable bonds is 4. The van der Waals surface area contributed by atoms with Crippen LogP contribution in [-0.2, 0) is 11.3 Å². The van der Waals surface area contributed by atoms with E-state index in [0.717, 1.165) is 4.68 Å². The van der Waals surface area contributed by atoms with Crippen LogP contribution in [0.2, 0.25) is 0 Å². The molecule has 9 heteroatoms. The number of hydrogen-bond acceptors (Lipinski definition) is 4. The first-order chi connectivity index (χ1) is 10.6. The molecule has 0 aliphatic heterocycles. The second-order valence-electron chi connectivity index (χ2n) is 5.29. The summed E-state index contributed by atoms with van der Waals surface area (Å²) in [4.78, 5) is 18.1. The molecule has 2 rings (SSSR count). The third kappa shape index (κ3) is 3.72. The van der Waals surface area contributed by atoms with E-state index in [4.69, 9.17) is 0 Å². The van der Waals surface area contributed by atoms with Gasteiger partial charge in [-0.1, -0.05) is 0 Å². The summed E-state index contributed by atoms with van der Waals surface area (Å²) in [6.45, 7) is 3.67. The first-order valence-electron chi connectivity index (χ1n) is 6.89. The Bertz CT molecular complexity index is 694. The maximum Gasteiger partial charge on any atom is 0.408 e. The van der Waals surface area contributed by atoms with Crippen molar-refractivity contribution in [3.05, 3.63) is 28.5 Å². The first-order valence-corrected chi connectivity index (χ1v) is 7.77. The van der Waals surface area contributed by atoms with Crippen LogP contribution in [0.5, 0.6) is 0 Å². The van der Waals surface area contributed by atoms with Gasteiger partial charge in [0, 0.05) is 29.9 Å². The van der Waals surface area contributed by atoms with Crippen LogP contribution in [0.15, 0.2) is 11.6 Å². The molecule has 0 aliphatic carbocycles. The van der Waals surface area contributed by atoms with Gasteiger partial charge in [-0.05, 0) is 20.8 Å². The number of thiazole rings is 1. The Morgan fingerprint density at radius 1 is 1.43 bits per heavy atom. The van der Waals surface area contributed by atoms with E-state index < -0.39 is 18.6 Å². The Morgan fingerprint density at radius 3 is 2.61 bits per heavy atom. The number of halogens is 3. The molecule has 0 aliphatic rings. The average molecular weight is 346 g/mol. The molecule has 2 heterocycles. The van der Waals surface area contributed by atoms with Gasteiger partial charge in [-0.25, -0.2) is 4.98 Å². The molecule has 5 nitrogen and oxygen atoms in total. The number of aryl methyl sites for hydroxylation is 1. The van der Waals surface area contributed by atoms with E-state index in [1.807, 2.05) is 0 Å². The zero-order chi connectivity index (χ0) is 17.4. The van der Waals surface area contributed by atoms with Gasteiger partial charge in [0.1, 0.15) is 6.54 Å². The second kappa shape index (κ2) is 6.31. The van der Waals surface area contributed by atoms with Crippen molar-refractivity contribution in [2.45, 2.75) is 39.4 Å². The molecule has 0 spiro atoms. The molecule has 0 bridgehead atoms. The Hall–Kier alpha value is -1.90. The summed E-state index contributed by atoms with van der Waals surface area (Å²) in [7, 11) is 1.60. The number of nitrogens with zero attached hydrogens (tertiary/aromatic N) is 4. The number of hydrogen-bond donors (Lipinski definition) is 0. The number of carbonyl (C=O) groups excluding carboxylic acids is 1. The highest BCUT2D eigenvalue weighted by Crippen LogP contribution is 2.29. The highest BCUT2D eigenvalue weighted by atomic mass is 32.1. The predicted octanol–water partition coefficient (Wildman–Crippen LogP) is 3.29. The van der Waals surface area contributed by atoms with E-state index in [0.29, 0.717) is 22.1 Å². The zero-order valence-electron chi connectivity index (χ0n) is 13.2. The lowest BCUT2D eigenvalue weighted by Crippen LogP contribution is -2.30. The third-order valence-corrected chi connectivity index (χ3v) is 4.45. The van der Waals surface area contributed by atoms with Crippen LogP contribution in [-0.4, -0.2) is 33.9 Å². The largest absolute Gasteiger partial charge is 0.408 e. The maximum absolute atomic E-state index is 12.6. The number of alkyl halides is 3. The molecule has 0 radical (unpaired) electrons. The molecule has 1 amide bonds. The predicted molar refractivity (Wildman–Crippen MR) is 81.7 cm³/mol. The Balaban J connectivity index is 2.29. The molecule has 2 aromatic rings. The highest BCUT2D eigenvalue weighted by Gasteiger charge is 2.32. The van der Waals surface area contributed by atoms with Gasteiger partial charge < -0.3 is 0 Å². The van der Waals surface area contributed by atoms with Crippen molar-refractivity contribution in [2.75, 3.05) is 11.9 Å². The van der Waals surface area contributed by atoms with Crippen LogP contribution in [0.3, 0.4) is 0 Å². The molecule has 23 heavy (non-hydrogen) atoms. The van der Waals surface area contributed by atoms with Crippen molar-refractivity contribution in [3.8, 4) is 0 Å². The minimum absolute atomic E-state index is 0.238. The molecule has 2 aromatic heterocycles. The van der Waals surface area contributed by atoms with Crippen molar-refractivity contribution in [2.24, 2.45) is 0 Å². The van der Waals surface area contributed by atoms with Crippen LogP contribution < -0.4 is 4.90 Å². The van der Waals surface area contributed by atoms with E-state index in [1.165, 1.54) is 16.2 Å². The minimum atomic E-state index is -4.36. The van der Waals surface area contributed by atoms with E-state index in [2.05, 4.69) is 10.1 Å². The Labute approximate surface area is 135 Å². The topological polar surface area (TPSA) is 51.0 Å². The smallest absolute Gasteiger partial charge is 0.291 e. The number of anilines is 1. The Morgan fingerprint density at radius 2 is 2.09 bits per heavy atom. The van der Waals surface area contributed by atoms with Crippen LogP contribution in [0.4, 0.5) is 18.3 Å². The van der Waals surface area contributed by atoms with E-state index in [-0.39, 0.29) is 5.91 Å². The lowest BCUT2D eigenvalue weighted by atomic mass is 9.98. The monoisotopic (exact) mass is 346 g/mol. The van der Waals surface area contributed by atoms with Gasteiger partial charge in [-0.3, -0.25) is 14.4 Å². The van der Waals surface area contributed by atoms with Gasteiger partial charge in [0.15, 0.2) is 5.13 Å². The normalized spacial score (nSPS) is 13.2. The minimum Gasteiger partial charge on any atom is -0.291 e. The number of likely N-dealkylation sites (N-methyl/N-ethyl adjacent to an activating group) is 1. The van der Waals surface area contributed by atoms with Gasteiger partial charge in [-0.2, -0.15) is 18.3 Å². The SMILES string of the molecule is Cc1nn(CC(F)(F)F)c(C)c1[C@@H](C)C(=O)N(C)c1nccs1. The molecule has 0 unspecified atom stereocenters. The van der Waals surface area contributed by atoms with E-state index in [9.17, 15) is 18.0 Å². The first kappa shape index (κ1) is 17.5. The van der Waals surface area contributed by atoms with Gasteiger partial charge >= 0.3 is 6.18 Å². The summed E-state index contributed by atoms with van der Waals surface area (Å²) < 4.78 is 38.7. The summed E-state index contributed by atoms with van der Waals surface area (Å²) in [5, 5.41) is 6.23. The van der Waals surface area contributed by atoms with Crippen molar-refractivity contribution < 1.29 is 18.0 Å². The Kier molecular flexibility index (Phi) is 4.79. The second-order valence-corrected chi connectivity index (χ2v) is 6.16. The number of carbonyl (C=O) groups is 1. The number of amides is 1. The molecule has 1 atom stereocenters. The van der Waals surface area contributed by atoms with Gasteiger partial charge in [-0.15, -0.1) is 11.3 Å². The summed E-state index contributed by atoms with van der Waals surface area (Å²) in [5.74, 6) is -0.844. The van der Waals surface area contributed by atoms with Gasteiger partial charge in [0.2, 0.25) is 5.91 Å². The lowest BCUT2D eigenvalue weighted by molar-refractivity contribution is -0.142. The molecular weight excluding hydrogens is 329 g/mol. The van der Waals surface area contributed by atoms with E-state index >= 15 is 0 Å². The molecule has 0 fully saturated rings. The summed E-state index contributed by atoms with van der Waals surface area (Å²) in [6, 6.07) is 0. The fourth-order valence-corrected chi connectivity index (χ4v) is 3.16. The van der Waals surface area contributed by atoms with Gasteiger partial charge in [0.25, 0.3) is 0 Å². The van der Waals surface area contributed by atoms with Gasteiger partial charge in [0.05, 0.1) is 11.6 Å². The molecule has 0 N–H and O–H groups in total. The average Bonchev–Trinajstić information content (AvgIpc) is 3.05. The standard InChI is InChI=1S/C14H17F3N4OS/c1-8(12(22)20(4)13-18-5-6-23-13)11-9(2)19-21(10(11)3)7-14(15,16)17/h5-6,8H,7H2,1-4H3/t8-/m1/s1. The fraction of sp³-hybridized carbons (Fsp3) is 0.500. The summed E-state index contributed by atoms with van der Waals surface area (Å²) in [5.41, 5.74) is 1.32. The van der Waals surface area contributed by atoms with Crippen molar-refractivity contribution in [1.29, 1.82) is 0 Å². The van der Waals surface area contributed by atoms with Crippen LogP contribution in [0.25, 0.3) is 0 Å². The molecule has 126 valence electrons. The quantitative estimate of drug-likeness (QED) is 0.854.